The van der Waals surface area contributed by atoms with Gasteiger partial charge in [-0.3, -0.25) is 4.79 Å². The topological polar surface area (TPSA) is 38.3 Å². The van der Waals surface area contributed by atoms with Crippen LogP contribution in [0, 0.1) is 0 Å². The van der Waals surface area contributed by atoms with Crippen LogP contribution in [0.1, 0.15) is 6.42 Å². The second-order valence-corrected chi connectivity index (χ2v) is 1.68. The number of esters is 1. The first kappa shape index (κ1) is 5.63. The lowest BCUT2D eigenvalue weighted by Crippen LogP contribution is -2.30. The van der Waals surface area contributed by atoms with Gasteiger partial charge in [-0.2, -0.15) is 0 Å². The third-order valence-electron chi connectivity index (χ3n) is 1.14. The number of carbonyl (C=O) groups excluding carboxylic acids is 1. The van der Waals surface area contributed by atoms with Crippen LogP contribution >= 0.6 is 0 Å². The Hall–Kier alpha value is -0.505. The van der Waals surface area contributed by atoms with E-state index in [-0.39, 0.29) is 12.0 Å². The van der Waals surface area contributed by atoms with E-state index in [1.807, 2.05) is 0 Å². The number of rotatable bonds is 1. The van der Waals surface area contributed by atoms with E-state index in [1.165, 1.54) is 0 Å². The molecule has 0 aliphatic carbocycles. The predicted molar refractivity (Wildman–Crippen MR) is 28.3 cm³/mol. The molecule has 1 fully saturated rings. The monoisotopic (exact) mass is 111 g/mol. The molecule has 1 heterocycles. The van der Waals surface area contributed by atoms with E-state index in [1.54, 1.807) is 0 Å². The van der Waals surface area contributed by atoms with E-state index in [0.29, 0.717) is 13.0 Å². The molecule has 42 valence electrons. The molecule has 1 N–H and O–H groups in total. The molecule has 1 aliphatic heterocycles. The van der Waals surface area contributed by atoms with Gasteiger partial charge in [0.25, 0.3) is 0 Å². The van der Waals surface area contributed by atoms with Gasteiger partial charge in [-0.15, -0.1) is 0 Å². The van der Waals surface area contributed by atoms with E-state index < -0.39 is 0 Å². The Bertz CT molecular complexity index is 106. The fraction of sp³-hybridized carbons (Fsp3) is 0.750. The molecule has 0 aromatic rings. The highest BCUT2D eigenvalue weighted by atomic mass is 16.5. The normalized spacial score (nSPS) is 28.0. The zero-order chi connectivity index (χ0) is 5.98. The van der Waals surface area contributed by atoms with Gasteiger partial charge >= 0.3 is 5.97 Å². The summed E-state index contributed by atoms with van der Waals surface area (Å²) in [4.78, 5) is 10.4. The number of ether oxygens (including phenoxy) is 1. The van der Waals surface area contributed by atoms with Crippen LogP contribution in [-0.2, 0) is 9.53 Å². The first-order valence-corrected chi connectivity index (χ1v) is 2.47. The van der Waals surface area contributed by atoms with Gasteiger partial charge in [0.05, 0.1) is 12.6 Å². The van der Waals surface area contributed by atoms with E-state index in [2.05, 4.69) is 9.96 Å². The standard InChI is InChI=1S/C4H6BNO2/c5-6-3-1-2-8-4(3)7/h3,6H,1-2H2. The predicted octanol–water partition coefficient (Wildman–Crippen LogP) is -1.03. The zero-order valence-electron chi connectivity index (χ0n) is 4.39. The molecule has 1 aliphatic rings. The molecule has 1 unspecified atom stereocenters. The highest BCUT2D eigenvalue weighted by molar-refractivity contribution is 6.06. The van der Waals surface area contributed by atoms with Crippen LogP contribution in [0.4, 0.5) is 0 Å². The molecule has 2 radical (unpaired) electrons. The molecule has 0 aromatic heterocycles. The minimum absolute atomic E-state index is 0.243. The molecule has 0 saturated carbocycles. The van der Waals surface area contributed by atoms with E-state index in [0.717, 1.165) is 0 Å². The summed E-state index contributed by atoms with van der Waals surface area (Å²) < 4.78 is 4.57. The third-order valence-corrected chi connectivity index (χ3v) is 1.14. The van der Waals surface area contributed by atoms with Crippen molar-refractivity contribution in [3.8, 4) is 0 Å². The Morgan fingerprint density at radius 3 is 2.88 bits per heavy atom. The maximum atomic E-state index is 10.4. The van der Waals surface area contributed by atoms with E-state index >= 15 is 0 Å². The second kappa shape index (κ2) is 2.18. The molecule has 1 rings (SSSR count). The molecule has 8 heavy (non-hydrogen) atoms. The molecule has 1 saturated heterocycles. The van der Waals surface area contributed by atoms with Gasteiger partial charge in [0.2, 0.25) is 0 Å². The summed E-state index contributed by atoms with van der Waals surface area (Å²) in [7, 11) is 4.97. The Morgan fingerprint density at radius 2 is 2.62 bits per heavy atom. The van der Waals surface area contributed by atoms with Gasteiger partial charge in [-0.05, 0) is 0 Å². The third kappa shape index (κ3) is 0.840. The molecular weight excluding hydrogens is 105 g/mol. The lowest BCUT2D eigenvalue weighted by molar-refractivity contribution is -0.139. The van der Waals surface area contributed by atoms with Crippen LogP contribution in [0.3, 0.4) is 0 Å². The Morgan fingerprint density at radius 1 is 1.88 bits per heavy atom. The highest BCUT2D eigenvalue weighted by Crippen LogP contribution is 2.03. The summed E-state index contributed by atoms with van der Waals surface area (Å²) in [6.45, 7) is 0.494. The van der Waals surface area contributed by atoms with Gasteiger partial charge in [0.15, 0.2) is 7.98 Å². The number of carbonyl (C=O) groups is 1. The van der Waals surface area contributed by atoms with Crippen molar-refractivity contribution in [3.63, 3.8) is 0 Å². The number of cyclic esters (lactones) is 1. The van der Waals surface area contributed by atoms with Crippen LogP contribution in [0.25, 0.3) is 0 Å². The molecule has 0 amide bonds. The maximum Gasteiger partial charge on any atom is 0.322 e. The number of hydrogen-bond donors (Lipinski definition) is 1. The smallest absolute Gasteiger partial charge is 0.322 e. The van der Waals surface area contributed by atoms with Gasteiger partial charge in [-0.1, -0.05) is 0 Å². The molecule has 4 heteroatoms. The average molecular weight is 111 g/mol. The van der Waals surface area contributed by atoms with Crippen LogP contribution < -0.4 is 5.23 Å². The summed E-state index contributed by atoms with van der Waals surface area (Å²) in [5.41, 5.74) is 0. The van der Waals surface area contributed by atoms with Gasteiger partial charge < -0.3 is 9.96 Å². The lowest BCUT2D eigenvalue weighted by atomic mass is 10.2. The molecule has 3 nitrogen and oxygen atoms in total. The largest absolute Gasteiger partial charge is 0.464 e. The second-order valence-electron chi connectivity index (χ2n) is 1.68. The SMILES string of the molecule is [B]NC1CCOC1=O. The Kier molecular flexibility index (Phi) is 1.53. The van der Waals surface area contributed by atoms with Gasteiger partial charge in [0.1, 0.15) is 0 Å². The summed E-state index contributed by atoms with van der Waals surface area (Å²) >= 11 is 0. The fourth-order valence-electron chi connectivity index (χ4n) is 0.647. The summed E-state index contributed by atoms with van der Waals surface area (Å²) in [6.07, 6.45) is 0.690. The summed E-state index contributed by atoms with van der Waals surface area (Å²) in [6, 6.07) is -0.269. The summed E-state index contributed by atoms with van der Waals surface area (Å²) in [5.74, 6) is -0.243. The summed E-state index contributed by atoms with van der Waals surface area (Å²) in [5, 5.41) is 2.34. The van der Waals surface area contributed by atoms with Crippen molar-refractivity contribution in [2.45, 2.75) is 12.5 Å². The van der Waals surface area contributed by atoms with E-state index in [9.17, 15) is 4.79 Å². The van der Waals surface area contributed by atoms with Crippen molar-refractivity contribution in [2.24, 2.45) is 0 Å². The van der Waals surface area contributed by atoms with Crippen LogP contribution in [0.2, 0.25) is 0 Å². The number of nitrogens with one attached hydrogen (secondary N) is 1. The van der Waals surface area contributed by atoms with Crippen molar-refractivity contribution in [1.82, 2.24) is 5.23 Å². The molecule has 0 bridgehead atoms. The first-order chi connectivity index (χ1) is 3.84. The fourth-order valence-corrected chi connectivity index (χ4v) is 0.647. The quantitative estimate of drug-likeness (QED) is 0.347. The zero-order valence-corrected chi connectivity index (χ0v) is 4.39. The van der Waals surface area contributed by atoms with Crippen LogP contribution in [-0.4, -0.2) is 26.6 Å². The van der Waals surface area contributed by atoms with Crippen molar-refractivity contribution in [3.05, 3.63) is 0 Å². The first-order valence-electron chi connectivity index (χ1n) is 2.47. The minimum atomic E-state index is -0.269. The molecule has 0 spiro atoms. The van der Waals surface area contributed by atoms with Gasteiger partial charge in [-0.25, -0.2) is 0 Å². The van der Waals surface area contributed by atoms with E-state index in [4.69, 9.17) is 7.98 Å². The minimum Gasteiger partial charge on any atom is -0.464 e. The molecular formula is C4H6BNO2. The number of hydrogen-bond acceptors (Lipinski definition) is 3. The lowest BCUT2D eigenvalue weighted by Gasteiger charge is -1.99. The highest BCUT2D eigenvalue weighted by Gasteiger charge is 2.23. The van der Waals surface area contributed by atoms with Crippen LogP contribution in [0.5, 0.6) is 0 Å². The van der Waals surface area contributed by atoms with Crippen molar-refractivity contribution in [2.75, 3.05) is 6.61 Å². The Labute approximate surface area is 48.8 Å². The molecule has 1 atom stereocenters. The van der Waals surface area contributed by atoms with Gasteiger partial charge in [0, 0.05) is 6.42 Å². The van der Waals surface area contributed by atoms with Crippen molar-refractivity contribution in [1.29, 1.82) is 0 Å². The van der Waals surface area contributed by atoms with Crippen molar-refractivity contribution >= 4 is 14.0 Å². The maximum absolute atomic E-state index is 10.4. The molecule has 0 aromatic carbocycles. The average Bonchev–Trinajstić information content (AvgIpc) is 2.14. The van der Waals surface area contributed by atoms with Crippen molar-refractivity contribution < 1.29 is 9.53 Å². The van der Waals surface area contributed by atoms with Crippen LogP contribution in [0.15, 0.2) is 0 Å². The Balaban J connectivity index is 2.42.